The van der Waals surface area contributed by atoms with Gasteiger partial charge in [0.1, 0.15) is 0 Å². The van der Waals surface area contributed by atoms with E-state index in [4.69, 9.17) is 5.73 Å². The van der Waals surface area contributed by atoms with E-state index in [2.05, 4.69) is 4.90 Å². The van der Waals surface area contributed by atoms with Gasteiger partial charge < -0.3 is 15.9 Å². The van der Waals surface area contributed by atoms with Crippen LogP contribution < -0.4 is 5.73 Å². The number of aliphatic hydroxyl groups is 2. The molecule has 0 amide bonds. The van der Waals surface area contributed by atoms with Gasteiger partial charge in [-0.1, -0.05) is 6.42 Å². The average molecular weight is 186 g/mol. The lowest BCUT2D eigenvalue weighted by Gasteiger charge is -2.47. The molecule has 4 N–H and O–H groups in total. The van der Waals surface area contributed by atoms with Crippen LogP contribution in [-0.4, -0.2) is 52.5 Å². The van der Waals surface area contributed by atoms with E-state index in [-0.39, 0.29) is 12.1 Å². The van der Waals surface area contributed by atoms with Crippen LogP contribution in [0.25, 0.3) is 0 Å². The molecule has 0 unspecified atom stereocenters. The van der Waals surface area contributed by atoms with Crippen molar-refractivity contribution in [3.8, 4) is 0 Å². The Bertz CT molecular complexity index is 186. The number of nitrogens with two attached hydrogens (primary N) is 1. The van der Waals surface area contributed by atoms with Gasteiger partial charge >= 0.3 is 0 Å². The molecule has 2 heterocycles. The molecule has 0 aromatic heterocycles. The maximum absolute atomic E-state index is 9.58. The molecule has 0 saturated carbocycles. The van der Waals surface area contributed by atoms with Crippen LogP contribution in [0, 0.1) is 0 Å². The first kappa shape index (κ1) is 9.40. The molecule has 0 radical (unpaired) electrons. The van der Waals surface area contributed by atoms with Gasteiger partial charge in [0.25, 0.3) is 0 Å². The third-order valence-corrected chi connectivity index (χ3v) is 3.32. The molecule has 76 valence electrons. The molecular formula is C9H18N2O2. The molecule has 2 aliphatic rings. The molecule has 13 heavy (non-hydrogen) atoms. The summed E-state index contributed by atoms with van der Waals surface area (Å²) in [5.74, 6) is 0. The molecule has 4 heteroatoms. The van der Waals surface area contributed by atoms with Crippen molar-refractivity contribution in [1.82, 2.24) is 4.90 Å². The Morgan fingerprint density at radius 3 is 2.77 bits per heavy atom. The van der Waals surface area contributed by atoms with Crippen molar-refractivity contribution in [2.24, 2.45) is 5.73 Å². The minimum absolute atomic E-state index is 0.274. The van der Waals surface area contributed by atoms with Crippen LogP contribution in [0.15, 0.2) is 0 Å². The largest absolute Gasteiger partial charge is 0.389 e. The van der Waals surface area contributed by atoms with Crippen molar-refractivity contribution in [3.63, 3.8) is 0 Å². The van der Waals surface area contributed by atoms with E-state index in [1.165, 1.54) is 12.8 Å². The van der Waals surface area contributed by atoms with Crippen LogP contribution in [0.2, 0.25) is 0 Å². The molecule has 4 nitrogen and oxygen atoms in total. The summed E-state index contributed by atoms with van der Waals surface area (Å²) in [5, 5.41) is 19.1. The Labute approximate surface area is 78.3 Å². The van der Waals surface area contributed by atoms with Crippen molar-refractivity contribution < 1.29 is 10.2 Å². The fourth-order valence-corrected chi connectivity index (χ4v) is 2.51. The Morgan fingerprint density at radius 1 is 1.23 bits per heavy atom. The molecule has 2 aliphatic heterocycles. The van der Waals surface area contributed by atoms with Gasteiger partial charge in [-0.15, -0.1) is 0 Å². The lowest BCUT2D eigenvalue weighted by atomic mass is 9.86. The minimum atomic E-state index is -0.737. The zero-order valence-corrected chi connectivity index (χ0v) is 7.76. The highest BCUT2D eigenvalue weighted by Gasteiger charge is 2.40. The molecule has 0 aromatic carbocycles. The van der Waals surface area contributed by atoms with Crippen molar-refractivity contribution >= 4 is 0 Å². The van der Waals surface area contributed by atoms with E-state index in [1.807, 2.05) is 0 Å². The van der Waals surface area contributed by atoms with Gasteiger partial charge in [0.15, 0.2) is 0 Å². The summed E-state index contributed by atoms with van der Waals surface area (Å²) in [6.45, 7) is 1.60. The molecule has 0 aliphatic carbocycles. The van der Waals surface area contributed by atoms with Crippen molar-refractivity contribution in [2.75, 3.05) is 13.1 Å². The highest BCUT2D eigenvalue weighted by molar-refractivity contribution is 4.98. The summed E-state index contributed by atoms with van der Waals surface area (Å²) >= 11 is 0. The van der Waals surface area contributed by atoms with Crippen LogP contribution in [0.1, 0.15) is 19.3 Å². The zero-order valence-electron chi connectivity index (χ0n) is 7.76. The number of piperidine rings is 2. The van der Waals surface area contributed by atoms with E-state index in [0.29, 0.717) is 6.54 Å². The molecule has 0 spiro atoms. The van der Waals surface area contributed by atoms with Crippen molar-refractivity contribution in [1.29, 1.82) is 0 Å². The van der Waals surface area contributed by atoms with E-state index in [0.717, 1.165) is 13.0 Å². The first-order valence-corrected chi connectivity index (χ1v) is 5.06. The second-order valence-electron chi connectivity index (χ2n) is 4.19. The second kappa shape index (κ2) is 3.53. The Balaban J connectivity index is 2.08. The summed E-state index contributed by atoms with van der Waals surface area (Å²) < 4.78 is 0. The average Bonchev–Trinajstić information content (AvgIpc) is 2.15. The van der Waals surface area contributed by atoms with Crippen LogP contribution in [-0.2, 0) is 0 Å². The van der Waals surface area contributed by atoms with Gasteiger partial charge in [0.2, 0.25) is 0 Å². The highest BCUT2D eigenvalue weighted by Crippen LogP contribution is 2.25. The number of aliphatic hydroxyl groups excluding tert-OH is 2. The van der Waals surface area contributed by atoms with Gasteiger partial charge in [-0.3, -0.25) is 4.90 Å². The second-order valence-corrected chi connectivity index (χ2v) is 4.19. The third kappa shape index (κ3) is 1.59. The van der Waals surface area contributed by atoms with Crippen LogP contribution >= 0.6 is 0 Å². The summed E-state index contributed by atoms with van der Waals surface area (Å²) in [5.41, 5.74) is 5.87. The summed E-state index contributed by atoms with van der Waals surface area (Å²) in [6, 6.07) is 0.0104. The predicted octanol–water partition coefficient (Wildman–Crippen LogP) is -1.10. The van der Waals surface area contributed by atoms with Crippen LogP contribution in [0.3, 0.4) is 0 Å². The number of hydrogen-bond acceptors (Lipinski definition) is 4. The standard InChI is InChI=1S/C9H18N2O2/c10-8-6-3-1-2-4-11(6)5-7(12)9(8)13/h6-9,12-13H,1-5,10H2/t6-,7+,8-,9-/m1/s1. The van der Waals surface area contributed by atoms with Crippen LogP contribution in [0.4, 0.5) is 0 Å². The normalized spacial score (nSPS) is 47.3. The Kier molecular flexibility index (Phi) is 2.55. The number of fused-ring (bicyclic) bond motifs is 1. The van der Waals surface area contributed by atoms with Crippen molar-refractivity contribution in [2.45, 2.75) is 43.6 Å². The summed E-state index contributed by atoms with van der Waals surface area (Å²) in [6.07, 6.45) is 2.04. The highest BCUT2D eigenvalue weighted by atomic mass is 16.3. The first-order valence-electron chi connectivity index (χ1n) is 5.06. The molecule has 2 rings (SSSR count). The van der Waals surface area contributed by atoms with Gasteiger partial charge in [-0.05, 0) is 19.4 Å². The minimum Gasteiger partial charge on any atom is -0.389 e. The fourth-order valence-electron chi connectivity index (χ4n) is 2.51. The molecule has 2 saturated heterocycles. The van der Waals surface area contributed by atoms with Gasteiger partial charge in [0, 0.05) is 18.6 Å². The van der Waals surface area contributed by atoms with E-state index in [1.54, 1.807) is 0 Å². The number of hydrogen-bond donors (Lipinski definition) is 3. The molecule has 0 bridgehead atoms. The zero-order chi connectivity index (χ0) is 9.42. The molecular weight excluding hydrogens is 168 g/mol. The quantitative estimate of drug-likeness (QED) is 0.449. The van der Waals surface area contributed by atoms with Gasteiger partial charge in [0.05, 0.1) is 12.2 Å². The monoisotopic (exact) mass is 186 g/mol. The Morgan fingerprint density at radius 2 is 2.00 bits per heavy atom. The van der Waals surface area contributed by atoms with Crippen LogP contribution in [0.5, 0.6) is 0 Å². The van der Waals surface area contributed by atoms with Gasteiger partial charge in [-0.25, -0.2) is 0 Å². The van der Waals surface area contributed by atoms with Crippen molar-refractivity contribution in [3.05, 3.63) is 0 Å². The smallest absolute Gasteiger partial charge is 0.0977 e. The van der Waals surface area contributed by atoms with E-state index < -0.39 is 12.2 Å². The number of rotatable bonds is 0. The van der Waals surface area contributed by atoms with Gasteiger partial charge in [-0.2, -0.15) is 0 Å². The predicted molar refractivity (Wildman–Crippen MR) is 49.2 cm³/mol. The molecule has 4 atom stereocenters. The maximum atomic E-state index is 9.58. The van der Waals surface area contributed by atoms with E-state index in [9.17, 15) is 10.2 Å². The fraction of sp³-hybridized carbons (Fsp3) is 1.00. The third-order valence-electron chi connectivity index (χ3n) is 3.32. The SMILES string of the molecule is N[C@H]1[C@H](O)[C@@H](O)CN2CCCC[C@H]12. The maximum Gasteiger partial charge on any atom is 0.0977 e. The molecule has 0 aromatic rings. The Hall–Kier alpha value is -0.160. The molecule has 2 fully saturated rings. The summed E-state index contributed by atoms with van der Waals surface area (Å²) in [4.78, 5) is 2.21. The van der Waals surface area contributed by atoms with E-state index >= 15 is 0 Å². The lowest BCUT2D eigenvalue weighted by molar-refractivity contribution is -0.0828. The number of nitrogens with zero attached hydrogens (tertiary/aromatic N) is 1. The first-order chi connectivity index (χ1) is 6.20. The topological polar surface area (TPSA) is 69.7 Å². The summed E-state index contributed by atoms with van der Waals surface area (Å²) in [7, 11) is 0. The lowest BCUT2D eigenvalue weighted by Crippen LogP contribution is -2.65.